The normalized spacial score (nSPS) is 18.3. The molecule has 1 aliphatic rings. The van der Waals surface area contributed by atoms with E-state index < -0.39 is 23.6 Å². The summed E-state index contributed by atoms with van der Waals surface area (Å²) in [6, 6.07) is 3.04. The number of halogens is 2. The van der Waals surface area contributed by atoms with Gasteiger partial charge in [0.25, 0.3) is 0 Å². The number of rotatable bonds is 5. The van der Waals surface area contributed by atoms with E-state index in [-0.39, 0.29) is 31.8 Å². The van der Waals surface area contributed by atoms with Gasteiger partial charge in [-0.05, 0) is 24.1 Å². The molecule has 0 saturated carbocycles. The molecule has 1 aromatic carbocycles. The van der Waals surface area contributed by atoms with Crippen molar-refractivity contribution in [3.05, 3.63) is 35.4 Å². The van der Waals surface area contributed by atoms with Gasteiger partial charge in [0.05, 0.1) is 25.7 Å². The number of nitrogens with zero attached hydrogens (tertiary/aromatic N) is 1. The van der Waals surface area contributed by atoms with Crippen molar-refractivity contribution < 1.29 is 28.2 Å². The van der Waals surface area contributed by atoms with Gasteiger partial charge in [-0.2, -0.15) is 0 Å². The second-order valence-electron chi connectivity index (χ2n) is 5.16. The summed E-state index contributed by atoms with van der Waals surface area (Å²) < 4.78 is 31.2. The maximum absolute atomic E-state index is 13.1. The van der Waals surface area contributed by atoms with E-state index in [1.165, 1.54) is 11.0 Å². The minimum Gasteiger partial charge on any atom is -0.481 e. The number of hydrogen-bond acceptors (Lipinski definition) is 3. The molecule has 0 aromatic heterocycles. The van der Waals surface area contributed by atoms with E-state index in [4.69, 9.17) is 9.84 Å². The third kappa shape index (κ3) is 4.24. The van der Waals surface area contributed by atoms with Crippen LogP contribution in [0.2, 0.25) is 0 Å². The number of carbonyl (C=O) groups excluding carboxylic acids is 1. The van der Waals surface area contributed by atoms with Crippen LogP contribution in [0, 0.1) is 11.6 Å². The molecule has 2 rings (SSSR count). The van der Waals surface area contributed by atoms with Crippen molar-refractivity contribution in [2.45, 2.75) is 25.3 Å². The van der Waals surface area contributed by atoms with Crippen LogP contribution in [-0.2, 0) is 20.7 Å². The minimum atomic E-state index is -0.992. The number of benzene rings is 1. The smallest absolute Gasteiger partial charge is 0.305 e. The Morgan fingerprint density at radius 2 is 2.09 bits per heavy atom. The van der Waals surface area contributed by atoms with Gasteiger partial charge in [0, 0.05) is 13.0 Å². The molecular weight excluding hydrogens is 296 g/mol. The molecule has 0 unspecified atom stereocenters. The molecule has 22 heavy (non-hydrogen) atoms. The highest BCUT2D eigenvalue weighted by atomic mass is 19.2. The zero-order valence-corrected chi connectivity index (χ0v) is 11.9. The molecule has 1 aliphatic heterocycles. The molecule has 1 saturated heterocycles. The molecule has 1 atom stereocenters. The van der Waals surface area contributed by atoms with E-state index in [9.17, 15) is 18.4 Å². The van der Waals surface area contributed by atoms with Crippen molar-refractivity contribution in [2.75, 3.05) is 19.8 Å². The van der Waals surface area contributed by atoms with Crippen LogP contribution in [0.1, 0.15) is 18.4 Å². The fourth-order valence-corrected chi connectivity index (χ4v) is 2.44. The molecule has 0 bridgehead atoms. The van der Waals surface area contributed by atoms with E-state index in [1.54, 1.807) is 0 Å². The lowest BCUT2D eigenvalue weighted by Crippen LogP contribution is -2.49. The number of amides is 1. The van der Waals surface area contributed by atoms with Crippen LogP contribution in [0.4, 0.5) is 8.78 Å². The zero-order valence-electron chi connectivity index (χ0n) is 11.9. The van der Waals surface area contributed by atoms with Crippen LogP contribution in [0.25, 0.3) is 0 Å². The quantitative estimate of drug-likeness (QED) is 0.896. The van der Waals surface area contributed by atoms with E-state index in [1.807, 2.05) is 0 Å². The first kappa shape index (κ1) is 16.4. The summed E-state index contributed by atoms with van der Waals surface area (Å²) in [5, 5.41) is 8.86. The lowest BCUT2D eigenvalue weighted by Gasteiger charge is -2.35. The topological polar surface area (TPSA) is 66.8 Å². The van der Waals surface area contributed by atoms with E-state index in [0.29, 0.717) is 18.7 Å². The van der Waals surface area contributed by atoms with Crippen molar-refractivity contribution in [1.82, 2.24) is 4.90 Å². The molecule has 1 heterocycles. The van der Waals surface area contributed by atoms with Gasteiger partial charge in [-0.3, -0.25) is 9.59 Å². The van der Waals surface area contributed by atoms with Crippen molar-refractivity contribution in [2.24, 2.45) is 0 Å². The molecule has 0 radical (unpaired) electrons. The highest BCUT2D eigenvalue weighted by molar-refractivity contribution is 5.78. The zero-order chi connectivity index (χ0) is 16.1. The third-order valence-electron chi connectivity index (χ3n) is 3.57. The fraction of sp³-hybridized carbons (Fsp3) is 0.467. The van der Waals surface area contributed by atoms with Crippen molar-refractivity contribution in [1.29, 1.82) is 0 Å². The maximum atomic E-state index is 13.1. The molecule has 1 aromatic rings. The lowest BCUT2D eigenvalue weighted by molar-refractivity contribution is -0.146. The standard InChI is InChI=1S/C15H17F2NO4/c16-12-3-1-10(7-13(12)17)2-4-14(19)18-5-6-22-9-11(18)8-15(20)21/h1,3,7,11H,2,4-6,8-9H2,(H,20,21)/t11-/m1/s1. The summed E-state index contributed by atoms with van der Waals surface area (Å²) in [5.74, 6) is -3.07. The largest absolute Gasteiger partial charge is 0.481 e. The van der Waals surface area contributed by atoms with Crippen LogP contribution in [0.3, 0.4) is 0 Å². The van der Waals surface area contributed by atoms with Gasteiger partial charge >= 0.3 is 5.97 Å². The average molecular weight is 313 g/mol. The Balaban J connectivity index is 1.94. The van der Waals surface area contributed by atoms with Crippen molar-refractivity contribution in [3.63, 3.8) is 0 Å². The predicted octanol–water partition coefficient (Wildman–Crippen LogP) is 1.60. The average Bonchev–Trinajstić information content (AvgIpc) is 2.48. The molecule has 5 nitrogen and oxygen atoms in total. The Kier molecular flexibility index (Phi) is 5.43. The highest BCUT2D eigenvalue weighted by Crippen LogP contribution is 2.15. The summed E-state index contributed by atoms with van der Waals surface area (Å²) in [6.07, 6.45) is 0.214. The van der Waals surface area contributed by atoms with Crippen molar-refractivity contribution in [3.8, 4) is 0 Å². The van der Waals surface area contributed by atoms with Crippen LogP contribution in [-0.4, -0.2) is 47.7 Å². The van der Waals surface area contributed by atoms with Gasteiger partial charge in [0.15, 0.2) is 11.6 Å². The molecule has 1 N–H and O–H groups in total. The monoisotopic (exact) mass is 313 g/mol. The number of aryl methyl sites for hydroxylation is 1. The number of ether oxygens (including phenoxy) is 1. The van der Waals surface area contributed by atoms with Gasteiger partial charge in [0.1, 0.15) is 0 Å². The SMILES string of the molecule is O=C(O)C[C@@H]1COCCN1C(=O)CCc1ccc(F)c(F)c1. The Hall–Kier alpha value is -2.02. The Morgan fingerprint density at radius 1 is 1.32 bits per heavy atom. The number of hydrogen-bond donors (Lipinski definition) is 1. The Morgan fingerprint density at radius 3 is 2.77 bits per heavy atom. The molecule has 0 spiro atoms. The number of carboxylic acids is 1. The van der Waals surface area contributed by atoms with Crippen molar-refractivity contribution >= 4 is 11.9 Å². The van der Waals surface area contributed by atoms with Gasteiger partial charge < -0.3 is 14.7 Å². The van der Waals surface area contributed by atoms with Crippen LogP contribution >= 0.6 is 0 Å². The summed E-state index contributed by atoms with van der Waals surface area (Å²) in [7, 11) is 0. The van der Waals surface area contributed by atoms with E-state index in [0.717, 1.165) is 12.1 Å². The molecule has 7 heteroatoms. The number of carbonyl (C=O) groups is 2. The summed E-state index contributed by atoms with van der Waals surface area (Å²) in [4.78, 5) is 24.5. The van der Waals surface area contributed by atoms with Gasteiger partial charge in [-0.25, -0.2) is 8.78 Å². The molecule has 1 amide bonds. The van der Waals surface area contributed by atoms with E-state index in [2.05, 4.69) is 0 Å². The third-order valence-corrected chi connectivity index (χ3v) is 3.57. The lowest BCUT2D eigenvalue weighted by atomic mass is 10.1. The predicted molar refractivity (Wildman–Crippen MR) is 73.3 cm³/mol. The van der Waals surface area contributed by atoms with Gasteiger partial charge in [0.2, 0.25) is 5.91 Å². The first-order valence-electron chi connectivity index (χ1n) is 7.00. The number of carboxylic acid groups (broad SMARTS) is 1. The fourth-order valence-electron chi connectivity index (χ4n) is 2.44. The molecule has 1 fully saturated rings. The molecule has 0 aliphatic carbocycles. The van der Waals surface area contributed by atoms with Crippen LogP contribution < -0.4 is 0 Å². The number of morpholine rings is 1. The van der Waals surface area contributed by atoms with Crippen LogP contribution in [0.15, 0.2) is 18.2 Å². The number of aliphatic carboxylic acids is 1. The maximum Gasteiger partial charge on any atom is 0.305 e. The van der Waals surface area contributed by atoms with Crippen LogP contribution in [0.5, 0.6) is 0 Å². The molecular formula is C15H17F2NO4. The second-order valence-corrected chi connectivity index (χ2v) is 5.16. The van der Waals surface area contributed by atoms with Gasteiger partial charge in [-0.1, -0.05) is 6.07 Å². The molecule has 120 valence electrons. The van der Waals surface area contributed by atoms with E-state index >= 15 is 0 Å². The summed E-state index contributed by atoms with van der Waals surface area (Å²) in [6.45, 7) is 0.908. The highest BCUT2D eigenvalue weighted by Gasteiger charge is 2.28. The summed E-state index contributed by atoms with van der Waals surface area (Å²) in [5.41, 5.74) is 0.523. The van der Waals surface area contributed by atoms with Gasteiger partial charge in [-0.15, -0.1) is 0 Å². The Bertz CT molecular complexity index is 564. The Labute approximate surface area is 126 Å². The summed E-state index contributed by atoms with van der Waals surface area (Å²) >= 11 is 0. The minimum absolute atomic E-state index is 0.112. The first-order valence-corrected chi connectivity index (χ1v) is 7.00. The first-order chi connectivity index (χ1) is 10.5. The second kappa shape index (κ2) is 7.31.